The number of carbonyl (C=O) groups is 1. The molecule has 4 heteroatoms. The van der Waals surface area contributed by atoms with Crippen molar-refractivity contribution in [1.82, 2.24) is 5.48 Å². The van der Waals surface area contributed by atoms with Gasteiger partial charge in [-0.2, -0.15) is 4.89 Å². The first kappa shape index (κ1) is 10.1. The molecule has 1 aromatic rings. The number of benzene rings is 1. The number of amides is 1. The van der Waals surface area contributed by atoms with Crippen LogP contribution < -0.4 is 5.48 Å². The molecule has 0 radical (unpaired) electrons. The minimum atomic E-state index is -0.450. The Morgan fingerprint density at radius 1 is 1.27 bits per heavy atom. The lowest BCUT2D eigenvalue weighted by Crippen LogP contribution is -2.22. The highest BCUT2D eigenvalue weighted by molar-refractivity contribution is 5.80. The van der Waals surface area contributed by atoms with Crippen molar-refractivity contribution in [3.05, 3.63) is 35.9 Å². The third kappa shape index (κ3) is 2.78. The zero-order chi connectivity index (χ0) is 10.5. The minimum absolute atomic E-state index is 0.192. The predicted molar refractivity (Wildman–Crippen MR) is 53.5 cm³/mol. The molecule has 0 saturated carbocycles. The van der Waals surface area contributed by atoms with Gasteiger partial charge < -0.3 is 0 Å². The molecule has 1 N–H and O–H groups in total. The Labute approximate surface area is 88.1 Å². The number of carbonyl (C=O) groups excluding carboxylic acids is 1. The number of rotatable bonds is 4. The summed E-state index contributed by atoms with van der Waals surface area (Å²) in [6.45, 7) is 0. The standard InChI is InChI=1S/C11H13NO3/c13-11-10(14-15-12-11)8-4-7-9-5-2-1-3-6-9/h1-3,5-6,10H,4,7-8H2,(H,12,13). The normalized spacial score (nSPS) is 20.3. The Bertz CT molecular complexity index is 326. The SMILES string of the molecule is O=C1NOOC1CCCc1ccccc1. The summed E-state index contributed by atoms with van der Waals surface area (Å²) < 4.78 is 0. The van der Waals surface area contributed by atoms with E-state index in [2.05, 4.69) is 22.6 Å². The third-order valence-electron chi connectivity index (χ3n) is 2.37. The van der Waals surface area contributed by atoms with Gasteiger partial charge in [0.2, 0.25) is 0 Å². The lowest BCUT2D eigenvalue weighted by atomic mass is 10.1. The van der Waals surface area contributed by atoms with E-state index >= 15 is 0 Å². The second-order valence-electron chi connectivity index (χ2n) is 3.51. The van der Waals surface area contributed by atoms with E-state index in [4.69, 9.17) is 4.89 Å². The monoisotopic (exact) mass is 207 g/mol. The number of aryl methyl sites for hydroxylation is 1. The molecule has 1 amide bonds. The van der Waals surface area contributed by atoms with Gasteiger partial charge in [-0.15, -0.1) is 4.99 Å². The van der Waals surface area contributed by atoms with Crippen LogP contribution in [0.15, 0.2) is 30.3 Å². The van der Waals surface area contributed by atoms with Crippen LogP contribution in [-0.4, -0.2) is 12.0 Å². The summed E-state index contributed by atoms with van der Waals surface area (Å²) in [5, 5.41) is 0. The Morgan fingerprint density at radius 2 is 2.07 bits per heavy atom. The largest absolute Gasteiger partial charge is 0.278 e. The Balaban J connectivity index is 1.73. The first-order valence-electron chi connectivity index (χ1n) is 5.02. The molecule has 1 aliphatic rings. The van der Waals surface area contributed by atoms with E-state index in [1.807, 2.05) is 18.2 Å². The summed E-state index contributed by atoms with van der Waals surface area (Å²) in [7, 11) is 0. The summed E-state index contributed by atoms with van der Waals surface area (Å²) in [6, 6.07) is 10.2. The van der Waals surface area contributed by atoms with Crippen molar-refractivity contribution in [3.63, 3.8) is 0 Å². The van der Waals surface area contributed by atoms with Crippen LogP contribution in [0.25, 0.3) is 0 Å². The summed E-state index contributed by atoms with van der Waals surface area (Å²) in [5.41, 5.74) is 3.43. The summed E-state index contributed by atoms with van der Waals surface area (Å²) in [4.78, 5) is 20.2. The molecule has 1 saturated heterocycles. The maximum atomic E-state index is 11.1. The van der Waals surface area contributed by atoms with Gasteiger partial charge in [0, 0.05) is 0 Å². The molecule has 2 rings (SSSR count). The molecule has 1 aliphatic heterocycles. The van der Waals surface area contributed by atoms with E-state index in [0.717, 1.165) is 12.8 Å². The summed E-state index contributed by atoms with van der Waals surface area (Å²) in [6.07, 6.45) is 2.09. The van der Waals surface area contributed by atoms with Gasteiger partial charge in [0.1, 0.15) is 0 Å². The maximum absolute atomic E-state index is 11.1. The van der Waals surface area contributed by atoms with Gasteiger partial charge in [0.15, 0.2) is 6.10 Å². The summed E-state index contributed by atoms with van der Waals surface area (Å²) >= 11 is 0. The minimum Gasteiger partial charge on any atom is -0.270 e. The van der Waals surface area contributed by atoms with E-state index in [-0.39, 0.29) is 5.91 Å². The summed E-state index contributed by atoms with van der Waals surface area (Å²) in [5.74, 6) is -0.192. The molecular formula is C11H13NO3. The van der Waals surface area contributed by atoms with Crippen molar-refractivity contribution in [2.75, 3.05) is 0 Å². The van der Waals surface area contributed by atoms with Crippen LogP contribution in [0.2, 0.25) is 0 Å². The molecule has 1 aromatic carbocycles. The van der Waals surface area contributed by atoms with Crippen molar-refractivity contribution >= 4 is 5.91 Å². The molecule has 0 spiro atoms. The Morgan fingerprint density at radius 3 is 2.73 bits per heavy atom. The van der Waals surface area contributed by atoms with Crippen LogP contribution in [0.3, 0.4) is 0 Å². The van der Waals surface area contributed by atoms with Crippen molar-refractivity contribution in [2.45, 2.75) is 25.4 Å². The zero-order valence-corrected chi connectivity index (χ0v) is 8.31. The molecular weight excluding hydrogens is 194 g/mol. The van der Waals surface area contributed by atoms with Gasteiger partial charge >= 0.3 is 0 Å². The highest BCUT2D eigenvalue weighted by atomic mass is 17.3. The van der Waals surface area contributed by atoms with Crippen molar-refractivity contribution < 1.29 is 14.7 Å². The zero-order valence-electron chi connectivity index (χ0n) is 8.31. The van der Waals surface area contributed by atoms with E-state index in [9.17, 15) is 4.79 Å². The Kier molecular flexibility index (Phi) is 3.32. The third-order valence-corrected chi connectivity index (χ3v) is 2.37. The lowest BCUT2D eigenvalue weighted by molar-refractivity contribution is -0.307. The van der Waals surface area contributed by atoms with Gasteiger partial charge in [-0.25, -0.2) is 5.48 Å². The molecule has 0 aliphatic carbocycles. The number of nitrogens with one attached hydrogen (secondary N) is 1. The molecule has 4 nitrogen and oxygen atoms in total. The van der Waals surface area contributed by atoms with Gasteiger partial charge in [-0.3, -0.25) is 4.79 Å². The van der Waals surface area contributed by atoms with Crippen LogP contribution in [0.1, 0.15) is 18.4 Å². The predicted octanol–water partition coefficient (Wildman–Crippen LogP) is 1.37. The number of hydroxylamine groups is 1. The fourth-order valence-corrected chi connectivity index (χ4v) is 1.55. The maximum Gasteiger partial charge on any atom is 0.278 e. The van der Waals surface area contributed by atoms with Gasteiger partial charge in [0.25, 0.3) is 5.91 Å². The van der Waals surface area contributed by atoms with Gasteiger partial charge in [0.05, 0.1) is 0 Å². The molecule has 1 heterocycles. The molecule has 0 aromatic heterocycles. The topological polar surface area (TPSA) is 47.6 Å². The first-order chi connectivity index (χ1) is 7.36. The molecule has 15 heavy (non-hydrogen) atoms. The highest BCUT2D eigenvalue weighted by Crippen LogP contribution is 2.11. The first-order valence-corrected chi connectivity index (χ1v) is 5.02. The van der Waals surface area contributed by atoms with E-state index < -0.39 is 6.10 Å². The van der Waals surface area contributed by atoms with Gasteiger partial charge in [-0.05, 0) is 24.8 Å². The van der Waals surface area contributed by atoms with Crippen molar-refractivity contribution in [3.8, 4) is 0 Å². The van der Waals surface area contributed by atoms with Gasteiger partial charge in [-0.1, -0.05) is 30.3 Å². The molecule has 1 atom stereocenters. The molecule has 1 unspecified atom stereocenters. The Hall–Kier alpha value is -1.39. The van der Waals surface area contributed by atoms with Crippen molar-refractivity contribution in [2.24, 2.45) is 0 Å². The second kappa shape index (κ2) is 4.91. The smallest absolute Gasteiger partial charge is 0.270 e. The lowest BCUT2D eigenvalue weighted by Gasteiger charge is -2.03. The second-order valence-corrected chi connectivity index (χ2v) is 3.51. The quantitative estimate of drug-likeness (QED) is 0.758. The van der Waals surface area contributed by atoms with Crippen LogP contribution >= 0.6 is 0 Å². The van der Waals surface area contributed by atoms with Crippen molar-refractivity contribution in [1.29, 1.82) is 0 Å². The van der Waals surface area contributed by atoms with Crippen LogP contribution in [0.5, 0.6) is 0 Å². The number of hydrogen-bond donors (Lipinski definition) is 1. The van der Waals surface area contributed by atoms with Crippen LogP contribution in [-0.2, 0) is 21.1 Å². The average Bonchev–Trinajstić information content (AvgIpc) is 2.66. The molecule has 80 valence electrons. The molecule has 1 fully saturated rings. The fourth-order valence-electron chi connectivity index (χ4n) is 1.55. The van der Waals surface area contributed by atoms with Crippen LogP contribution in [0.4, 0.5) is 0 Å². The van der Waals surface area contributed by atoms with Crippen LogP contribution in [0, 0.1) is 0 Å². The van der Waals surface area contributed by atoms with E-state index in [0.29, 0.717) is 6.42 Å². The molecule has 0 bridgehead atoms. The average molecular weight is 207 g/mol. The highest BCUT2D eigenvalue weighted by Gasteiger charge is 2.26. The van der Waals surface area contributed by atoms with E-state index in [1.165, 1.54) is 5.56 Å². The fraction of sp³-hybridized carbons (Fsp3) is 0.364. The van der Waals surface area contributed by atoms with E-state index in [1.54, 1.807) is 0 Å². The number of hydrogen-bond acceptors (Lipinski definition) is 3.